The maximum atomic E-state index is 12.2. The minimum Gasteiger partial charge on any atom is -0.349 e. The SMILES string of the molecule is O=C(NC1CCN(c2nnc3ccc(Cl)cn23)CC1)c1cccnc1. The zero-order valence-electron chi connectivity index (χ0n) is 13.5. The van der Waals surface area contributed by atoms with E-state index in [-0.39, 0.29) is 11.9 Å². The Bertz CT molecular complexity index is 889. The van der Waals surface area contributed by atoms with Gasteiger partial charge in [0, 0.05) is 37.7 Å². The summed E-state index contributed by atoms with van der Waals surface area (Å²) in [6, 6.07) is 7.32. The van der Waals surface area contributed by atoms with Crippen LogP contribution in [0, 0.1) is 0 Å². The number of hydrogen-bond acceptors (Lipinski definition) is 5. The van der Waals surface area contributed by atoms with E-state index in [1.165, 1.54) is 0 Å². The Morgan fingerprint density at radius 3 is 2.80 bits per heavy atom. The van der Waals surface area contributed by atoms with E-state index in [0.717, 1.165) is 37.5 Å². The summed E-state index contributed by atoms with van der Waals surface area (Å²) in [5.41, 5.74) is 1.36. The van der Waals surface area contributed by atoms with Gasteiger partial charge in [-0.1, -0.05) is 11.6 Å². The molecular weight excluding hydrogens is 340 g/mol. The topological polar surface area (TPSA) is 75.4 Å². The van der Waals surface area contributed by atoms with Gasteiger partial charge in [0.05, 0.1) is 10.6 Å². The molecule has 1 aliphatic heterocycles. The largest absolute Gasteiger partial charge is 0.349 e. The van der Waals surface area contributed by atoms with Crippen molar-refractivity contribution in [3.63, 3.8) is 0 Å². The molecular formula is C17H17ClN6O. The molecule has 1 amide bonds. The number of carbonyl (C=O) groups excluding carboxylic acids is 1. The second kappa shape index (κ2) is 6.68. The Morgan fingerprint density at radius 2 is 2.04 bits per heavy atom. The zero-order chi connectivity index (χ0) is 17.2. The Morgan fingerprint density at radius 1 is 1.20 bits per heavy atom. The highest BCUT2D eigenvalue weighted by molar-refractivity contribution is 6.30. The van der Waals surface area contributed by atoms with Crippen LogP contribution in [0.25, 0.3) is 5.65 Å². The van der Waals surface area contributed by atoms with Crippen LogP contribution in [0.15, 0.2) is 42.9 Å². The molecule has 3 aromatic heterocycles. The van der Waals surface area contributed by atoms with Crippen molar-refractivity contribution < 1.29 is 4.79 Å². The lowest BCUT2D eigenvalue weighted by Gasteiger charge is -2.32. The maximum Gasteiger partial charge on any atom is 0.253 e. The first kappa shape index (κ1) is 15.8. The smallest absolute Gasteiger partial charge is 0.253 e. The first-order valence-corrected chi connectivity index (χ1v) is 8.54. The van der Waals surface area contributed by atoms with Gasteiger partial charge < -0.3 is 10.2 Å². The number of carbonyl (C=O) groups is 1. The molecule has 7 nitrogen and oxygen atoms in total. The number of piperidine rings is 1. The van der Waals surface area contributed by atoms with Crippen LogP contribution in [0.2, 0.25) is 5.02 Å². The van der Waals surface area contributed by atoms with Crippen LogP contribution < -0.4 is 10.2 Å². The number of anilines is 1. The van der Waals surface area contributed by atoms with E-state index in [2.05, 4.69) is 25.4 Å². The number of nitrogens with one attached hydrogen (secondary N) is 1. The van der Waals surface area contributed by atoms with Crippen LogP contribution in [0.5, 0.6) is 0 Å². The van der Waals surface area contributed by atoms with Crippen LogP contribution in [-0.2, 0) is 0 Å². The summed E-state index contributed by atoms with van der Waals surface area (Å²) >= 11 is 6.08. The van der Waals surface area contributed by atoms with Gasteiger partial charge in [-0.2, -0.15) is 0 Å². The van der Waals surface area contributed by atoms with Gasteiger partial charge in [-0.25, -0.2) is 0 Å². The van der Waals surface area contributed by atoms with Gasteiger partial charge in [0.2, 0.25) is 5.95 Å². The molecule has 8 heteroatoms. The number of amides is 1. The van der Waals surface area contributed by atoms with Crippen LogP contribution in [0.4, 0.5) is 5.95 Å². The second-order valence-electron chi connectivity index (χ2n) is 6.05. The maximum absolute atomic E-state index is 12.2. The van der Waals surface area contributed by atoms with E-state index in [1.807, 2.05) is 16.7 Å². The monoisotopic (exact) mass is 356 g/mol. The van der Waals surface area contributed by atoms with Crippen molar-refractivity contribution in [3.8, 4) is 0 Å². The van der Waals surface area contributed by atoms with Gasteiger partial charge in [0.15, 0.2) is 5.65 Å². The van der Waals surface area contributed by atoms with Crippen molar-refractivity contribution in [1.29, 1.82) is 0 Å². The molecule has 4 rings (SSSR count). The fourth-order valence-electron chi connectivity index (χ4n) is 3.06. The minimum absolute atomic E-state index is 0.0775. The molecule has 1 aliphatic rings. The number of halogens is 1. The van der Waals surface area contributed by atoms with Crippen LogP contribution >= 0.6 is 11.6 Å². The fourth-order valence-corrected chi connectivity index (χ4v) is 3.22. The lowest BCUT2D eigenvalue weighted by atomic mass is 10.0. The third-order valence-corrected chi connectivity index (χ3v) is 4.61. The van der Waals surface area contributed by atoms with E-state index < -0.39 is 0 Å². The first-order valence-electron chi connectivity index (χ1n) is 8.17. The normalized spacial score (nSPS) is 15.5. The average molecular weight is 357 g/mol. The molecule has 25 heavy (non-hydrogen) atoms. The van der Waals surface area contributed by atoms with Crippen molar-refractivity contribution in [2.75, 3.05) is 18.0 Å². The van der Waals surface area contributed by atoms with Gasteiger partial charge in [-0.15, -0.1) is 10.2 Å². The number of fused-ring (bicyclic) bond motifs is 1. The lowest BCUT2D eigenvalue weighted by molar-refractivity contribution is 0.0930. The van der Waals surface area contributed by atoms with Crippen molar-refractivity contribution in [3.05, 3.63) is 53.4 Å². The predicted octanol–water partition coefficient (Wildman–Crippen LogP) is 2.18. The molecule has 0 spiro atoms. The molecule has 3 aromatic rings. The highest BCUT2D eigenvalue weighted by atomic mass is 35.5. The molecule has 0 aliphatic carbocycles. The predicted molar refractivity (Wildman–Crippen MR) is 94.9 cm³/mol. The van der Waals surface area contributed by atoms with E-state index >= 15 is 0 Å². The number of nitrogens with zero attached hydrogens (tertiary/aromatic N) is 5. The lowest BCUT2D eigenvalue weighted by Crippen LogP contribution is -2.45. The average Bonchev–Trinajstić information content (AvgIpc) is 3.06. The number of hydrogen-bond donors (Lipinski definition) is 1. The van der Waals surface area contributed by atoms with Crippen molar-refractivity contribution in [2.45, 2.75) is 18.9 Å². The summed E-state index contributed by atoms with van der Waals surface area (Å²) in [5, 5.41) is 12.2. The zero-order valence-corrected chi connectivity index (χ0v) is 14.2. The van der Waals surface area contributed by atoms with E-state index in [4.69, 9.17) is 11.6 Å². The summed E-state index contributed by atoms with van der Waals surface area (Å²) in [4.78, 5) is 18.4. The molecule has 0 atom stereocenters. The highest BCUT2D eigenvalue weighted by Gasteiger charge is 2.24. The molecule has 1 N–H and O–H groups in total. The van der Waals surface area contributed by atoms with Crippen molar-refractivity contribution >= 4 is 29.1 Å². The second-order valence-corrected chi connectivity index (χ2v) is 6.49. The molecule has 4 heterocycles. The fraction of sp³-hybridized carbons (Fsp3) is 0.294. The van der Waals surface area contributed by atoms with Crippen LogP contribution in [-0.4, -0.2) is 44.6 Å². The van der Waals surface area contributed by atoms with Gasteiger partial charge >= 0.3 is 0 Å². The third-order valence-electron chi connectivity index (χ3n) is 4.38. The van der Waals surface area contributed by atoms with E-state index in [1.54, 1.807) is 30.6 Å². The number of rotatable bonds is 3. The number of pyridine rings is 2. The summed E-state index contributed by atoms with van der Waals surface area (Å²) in [6.45, 7) is 1.59. The first-order chi connectivity index (χ1) is 12.2. The Balaban J connectivity index is 1.41. The summed E-state index contributed by atoms with van der Waals surface area (Å²) < 4.78 is 1.90. The number of aromatic nitrogens is 4. The van der Waals surface area contributed by atoms with Gasteiger partial charge in [0.25, 0.3) is 5.91 Å². The summed E-state index contributed by atoms with van der Waals surface area (Å²) in [5.74, 6) is 0.709. The van der Waals surface area contributed by atoms with E-state index in [0.29, 0.717) is 10.6 Å². The van der Waals surface area contributed by atoms with Crippen molar-refractivity contribution in [2.24, 2.45) is 0 Å². The van der Waals surface area contributed by atoms with Gasteiger partial charge in [-0.3, -0.25) is 14.2 Å². The Labute approximate surface area is 149 Å². The quantitative estimate of drug-likeness (QED) is 0.778. The Kier molecular flexibility index (Phi) is 4.23. The molecule has 1 fully saturated rings. The van der Waals surface area contributed by atoms with Gasteiger partial charge in [-0.05, 0) is 37.1 Å². The molecule has 128 valence electrons. The van der Waals surface area contributed by atoms with Crippen LogP contribution in [0.1, 0.15) is 23.2 Å². The standard InChI is InChI=1S/C17H17ClN6O/c18-13-3-4-15-21-22-17(24(15)11-13)23-8-5-14(6-9-23)20-16(25)12-2-1-7-19-10-12/h1-4,7,10-11,14H,5-6,8-9H2,(H,20,25). The Hall–Kier alpha value is -2.67. The molecule has 0 radical (unpaired) electrons. The van der Waals surface area contributed by atoms with E-state index in [9.17, 15) is 4.79 Å². The third kappa shape index (κ3) is 3.28. The van der Waals surface area contributed by atoms with Crippen molar-refractivity contribution in [1.82, 2.24) is 24.9 Å². The molecule has 0 aromatic carbocycles. The molecule has 0 bridgehead atoms. The van der Waals surface area contributed by atoms with Crippen LogP contribution in [0.3, 0.4) is 0 Å². The minimum atomic E-state index is -0.0775. The summed E-state index contributed by atoms with van der Waals surface area (Å²) in [6.07, 6.45) is 6.76. The summed E-state index contributed by atoms with van der Waals surface area (Å²) in [7, 11) is 0. The molecule has 0 unspecified atom stereocenters. The highest BCUT2D eigenvalue weighted by Crippen LogP contribution is 2.21. The van der Waals surface area contributed by atoms with Gasteiger partial charge in [0.1, 0.15) is 0 Å². The molecule has 0 saturated carbocycles. The molecule has 1 saturated heterocycles.